The third kappa shape index (κ3) is 9.07. The molecule has 0 spiro atoms. The van der Waals surface area contributed by atoms with Gasteiger partial charge in [-0.3, -0.25) is 9.59 Å². The van der Waals surface area contributed by atoms with E-state index in [1.165, 1.54) is 0 Å². The molecule has 0 fully saturated rings. The Balaban J connectivity index is 2.09. The van der Waals surface area contributed by atoms with Gasteiger partial charge in [0.15, 0.2) is 0 Å². The fourth-order valence-electron chi connectivity index (χ4n) is 3.26. The Morgan fingerprint density at radius 3 is 2.30 bits per heavy atom. The normalized spacial score (nSPS) is 11.8. The number of rotatable bonds is 12. The lowest BCUT2D eigenvalue weighted by atomic mass is 10.1. The van der Waals surface area contributed by atoms with E-state index in [9.17, 15) is 9.59 Å². The summed E-state index contributed by atoms with van der Waals surface area (Å²) in [7, 11) is 0. The zero-order chi connectivity index (χ0) is 24.4. The maximum atomic E-state index is 13.2. The molecule has 0 radical (unpaired) electrons. The topological polar surface area (TPSA) is 58.6 Å². The highest BCUT2D eigenvalue weighted by Gasteiger charge is 2.28. The molecule has 0 aliphatic heterocycles. The molecule has 5 nitrogen and oxygen atoms in total. The van der Waals surface area contributed by atoms with Gasteiger partial charge in [-0.25, -0.2) is 0 Å². The lowest BCUT2D eigenvalue weighted by Crippen LogP contribution is -2.49. The molecule has 0 aliphatic carbocycles. The first-order valence-electron chi connectivity index (χ1n) is 11.1. The zero-order valence-electron chi connectivity index (χ0n) is 19.2. The second-order valence-electron chi connectivity index (χ2n) is 8.23. The van der Waals surface area contributed by atoms with Crippen LogP contribution >= 0.6 is 34.8 Å². The minimum Gasteiger partial charge on any atom is -0.494 e. The summed E-state index contributed by atoms with van der Waals surface area (Å²) in [5.74, 6) is 0.705. The van der Waals surface area contributed by atoms with Crippen molar-refractivity contribution in [3.8, 4) is 5.75 Å². The van der Waals surface area contributed by atoms with Crippen LogP contribution in [0.4, 0.5) is 0 Å². The molecule has 33 heavy (non-hydrogen) atoms. The Bertz CT molecular complexity index is 920. The first kappa shape index (κ1) is 27.3. The average Bonchev–Trinajstić information content (AvgIpc) is 2.77. The van der Waals surface area contributed by atoms with Gasteiger partial charge in [-0.15, -0.1) is 0 Å². The van der Waals surface area contributed by atoms with E-state index in [1.54, 1.807) is 47.4 Å². The van der Waals surface area contributed by atoms with E-state index in [-0.39, 0.29) is 24.8 Å². The van der Waals surface area contributed by atoms with Crippen LogP contribution in [0.25, 0.3) is 0 Å². The summed E-state index contributed by atoms with van der Waals surface area (Å²) in [4.78, 5) is 27.7. The highest BCUT2D eigenvalue weighted by Crippen LogP contribution is 2.24. The summed E-state index contributed by atoms with van der Waals surface area (Å²) < 4.78 is 5.70. The molecule has 0 saturated heterocycles. The largest absolute Gasteiger partial charge is 0.494 e. The fourth-order valence-corrected chi connectivity index (χ4v) is 3.86. The molecule has 8 heteroatoms. The first-order valence-corrected chi connectivity index (χ1v) is 12.2. The standard InChI is InChI=1S/C25H31Cl3N2O3/c1-4-23(25(32)29-15-17(2)3)30(16-18-7-8-20(27)14-22(18)28)24(31)6-5-13-33-21-11-9-19(26)10-12-21/h7-12,14,17,23H,4-6,13,15-16H2,1-3H3,(H,29,32)/t23-/m0/s1. The van der Waals surface area contributed by atoms with Gasteiger partial charge in [0.1, 0.15) is 11.8 Å². The van der Waals surface area contributed by atoms with Gasteiger partial charge in [0.2, 0.25) is 11.8 Å². The molecule has 2 aromatic carbocycles. The van der Waals surface area contributed by atoms with Crippen LogP contribution in [0.15, 0.2) is 42.5 Å². The van der Waals surface area contributed by atoms with Gasteiger partial charge in [-0.1, -0.05) is 61.6 Å². The van der Waals surface area contributed by atoms with Crippen molar-refractivity contribution in [1.29, 1.82) is 0 Å². The molecule has 1 atom stereocenters. The molecule has 1 N–H and O–H groups in total. The van der Waals surface area contributed by atoms with Gasteiger partial charge in [0.05, 0.1) is 6.61 Å². The van der Waals surface area contributed by atoms with Crippen molar-refractivity contribution >= 4 is 46.6 Å². The van der Waals surface area contributed by atoms with E-state index in [0.29, 0.717) is 52.7 Å². The summed E-state index contributed by atoms with van der Waals surface area (Å²) in [6, 6.07) is 11.6. The SMILES string of the molecule is CC[C@@H](C(=O)NCC(C)C)N(Cc1ccc(Cl)cc1Cl)C(=O)CCCOc1ccc(Cl)cc1. The van der Waals surface area contributed by atoms with E-state index >= 15 is 0 Å². The molecule has 0 saturated carbocycles. The van der Waals surface area contributed by atoms with Gasteiger partial charge in [0.25, 0.3) is 0 Å². The Kier molecular flexibility index (Phi) is 11.3. The molecule has 0 unspecified atom stereocenters. The molecule has 180 valence electrons. The third-order valence-corrected chi connectivity index (χ3v) is 5.88. The van der Waals surface area contributed by atoms with Gasteiger partial charge in [-0.05, 0) is 60.7 Å². The van der Waals surface area contributed by atoms with Crippen molar-refractivity contribution in [1.82, 2.24) is 10.2 Å². The van der Waals surface area contributed by atoms with E-state index in [4.69, 9.17) is 39.5 Å². The Morgan fingerprint density at radius 1 is 1.03 bits per heavy atom. The monoisotopic (exact) mass is 512 g/mol. The van der Waals surface area contributed by atoms with Crippen molar-refractivity contribution in [3.05, 3.63) is 63.1 Å². The molecule has 0 aliphatic rings. The lowest BCUT2D eigenvalue weighted by Gasteiger charge is -2.31. The van der Waals surface area contributed by atoms with Crippen molar-refractivity contribution in [2.24, 2.45) is 5.92 Å². The van der Waals surface area contributed by atoms with E-state index < -0.39 is 6.04 Å². The van der Waals surface area contributed by atoms with Crippen molar-refractivity contribution < 1.29 is 14.3 Å². The minimum atomic E-state index is -0.597. The molecule has 0 heterocycles. The van der Waals surface area contributed by atoms with E-state index in [1.807, 2.05) is 20.8 Å². The van der Waals surface area contributed by atoms with Crippen LogP contribution in [0.5, 0.6) is 5.75 Å². The van der Waals surface area contributed by atoms with E-state index in [0.717, 1.165) is 5.56 Å². The third-order valence-electron chi connectivity index (χ3n) is 5.04. The Labute approximate surface area is 211 Å². The van der Waals surface area contributed by atoms with Gasteiger partial charge < -0.3 is 15.0 Å². The minimum absolute atomic E-state index is 0.132. The second-order valence-corrected chi connectivity index (χ2v) is 9.51. The number of nitrogens with one attached hydrogen (secondary N) is 1. The van der Waals surface area contributed by atoms with Crippen molar-refractivity contribution in [2.45, 2.75) is 52.6 Å². The van der Waals surface area contributed by atoms with Crippen LogP contribution in [-0.4, -0.2) is 35.9 Å². The van der Waals surface area contributed by atoms with Gasteiger partial charge in [-0.2, -0.15) is 0 Å². The number of halogens is 3. The summed E-state index contributed by atoms with van der Waals surface area (Å²) in [6.07, 6.45) is 1.24. The van der Waals surface area contributed by atoms with Crippen LogP contribution in [0, 0.1) is 5.92 Å². The Morgan fingerprint density at radius 2 is 1.70 bits per heavy atom. The number of benzene rings is 2. The second kappa shape index (κ2) is 13.7. The molecule has 2 aromatic rings. The maximum Gasteiger partial charge on any atom is 0.242 e. The van der Waals surface area contributed by atoms with Crippen molar-refractivity contribution in [3.63, 3.8) is 0 Å². The van der Waals surface area contributed by atoms with Crippen LogP contribution in [0.3, 0.4) is 0 Å². The van der Waals surface area contributed by atoms with Crippen LogP contribution < -0.4 is 10.1 Å². The van der Waals surface area contributed by atoms with Crippen LogP contribution in [-0.2, 0) is 16.1 Å². The number of carbonyl (C=O) groups excluding carboxylic acids is 2. The quantitative estimate of drug-likeness (QED) is 0.335. The molecule has 2 rings (SSSR count). The number of ether oxygens (including phenoxy) is 1. The molecule has 0 aromatic heterocycles. The highest BCUT2D eigenvalue weighted by atomic mass is 35.5. The smallest absolute Gasteiger partial charge is 0.242 e. The average molecular weight is 514 g/mol. The summed E-state index contributed by atoms with van der Waals surface area (Å²) in [6.45, 7) is 7.09. The highest BCUT2D eigenvalue weighted by molar-refractivity contribution is 6.35. The number of amides is 2. The summed E-state index contributed by atoms with van der Waals surface area (Å²) >= 11 is 18.3. The van der Waals surface area contributed by atoms with Crippen LogP contribution in [0.1, 0.15) is 45.6 Å². The zero-order valence-corrected chi connectivity index (χ0v) is 21.5. The van der Waals surface area contributed by atoms with Gasteiger partial charge in [0, 0.05) is 34.6 Å². The van der Waals surface area contributed by atoms with Gasteiger partial charge >= 0.3 is 0 Å². The fraction of sp³-hybridized carbons (Fsp3) is 0.440. The maximum absolute atomic E-state index is 13.2. The molecule has 2 amide bonds. The van der Waals surface area contributed by atoms with E-state index in [2.05, 4.69) is 5.32 Å². The number of hydrogen-bond acceptors (Lipinski definition) is 3. The number of carbonyl (C=O) groups is 2. The predicted octanol–water partition coefficient (Wildman–Crippen LogP) is 6.39. The summed E-state index contributed by atoms with van der Waals surface area (Å²) in [5, 5.41) is 4.56. The van der Waals surface area contributed by atoms with Crippen LogP contribution in [0.2, 0.25) is 15.1 Å². The van der Waals surface area contributed by atoms with Crippen molar-refractivity contribution in [2.75, 3.05) is 13.2 Å². The molecular formula is C25H31Cl3N2O3. The molecular weight excluding hydrogens is 483 g/mol. The first-order chi connectivity index (χ1) is 15.7. The summed E-state index contributed by atoms with van der Waals surface area (Å²) in [5.41, 5.74) is 0.738. The number of hydrogen-bond donors (Lipinski definition) is 1. The Hall–Kier alpha value is -1.95. The predicted molar refractivity (Wildman–Crippen MR) is 135 cm³/mol. The number of nitrogens with zero attached hydrogens (tertiary/aromatic N) is 1. The lowest BCUT2D eigenvalue weighted by molar-refractivity contribution is -0.141. The molecule has 0 bridgehead atoms.